The molecule has 0 fully saturated rings. The second kappa shape index (κ2) is 5.71. The molecule has 106 valence electrons. The van der Waals surface area contributed by atoms with Crippen molar-refractivity contribution in [3.63, 3.8) is 0 Å². The molecular formula is C13H19NO4S. The molecule has 5 nitrogen and oxygen atoms in total. The molecule has 0 aliphatic heterocycles. The van der Waals surface area contributed by atoms with Gasteiger partial charge in [0.15, 0.2) is 0 Å². The van der Waals surface area contributed by atoms with Gasteiger partial charge in [-0.2, -0.15) is 0 Å². The third-order valence-electron chi connectivity index (χ3n) is 2.99. The number of hydrogen-bond acceptors (Lipinski definition) is 4. The molecule has 0 saturated carbocycles. The van der Waals surface area contributed by atoms with Gasteiger partial charge in [-0.15, -0.1) is 0 Å². The SMILES string of the molecule is Cc1ccc(S(N)(=O)=O)cc1C(=O)OC(C)C(C)C. The van der Waals surface area contributed by atoms with Crippen LogP contribution >= 0.6 is 0 Å². The van der Waals surface area contributed by atoms with Crippen LogP contribution in [0.1, 0.15) is 36.7 Å². The molecule has 0 aromatic heterocycles. The average Bonchev–Trinajstić information content (AvgIpc) is 2.27. The zero-order valence-corrected chi connectivity index (χ0v) is 12.3. The molecule has 1 aromatic rings. The van der Waals surface area contributed by atoms with E-state index < -0.39 is 16.0 Å². The maximum absolute atomic E-state index is 12.0. The van der Waals surface area contributed by atoms with E-state index in [-0.39, 0.29) is 22.5 Å². The molecule has 0 radical (unpaired) electrons. The Hall–Kier alpha value is -1.40. The summed E-state index contributed by atoms with van der Waals surface area (Å²) in [5.41, 5.74) is 0.868. The van der Waals surface area contributed by atoms with E-state index in [0.717, 1.165) is 0 Å². The van der Waals surface area contributed by atoms with Crippen molar-refractivity contribution in [3.8, 4) is 0 Å². The molecular weight excluding hydrogens is 266 g/mol. The Balaban J connectivity index is 3.10. The molecule has 1 atom stereocenters. The van der Waals surface area contributed by atoms with E-state index in [9.17, 15) is 13.2 Å². The van der Waals surface area contributed by atoms with Crippen molar-refractivity contribution in [2.75, 3.05) is 0 Å². The van der Waals surface area contributed by atoms with Crippen molar-refractivity contribution < 1.29 is 17.9 Å². The third kappa shape index (κ3) is 4.04. The summed E-state index contributed by atoms with van der Waals surface area (Å²) in [5.74, 6) is -0.352. The van der Waals surface area contributed by atoms with Crippen LogP contribution in [0.4, 0.5) is 0 Å². The number of benzene rings is 1. The van der Waals surface area contributed by atoms with Crippen molar-refractivity contribution >= 4 is 16.0 Å². The van der Waals surface area contributed by atoms with Crippen molar-refractivity contribution in [1.29, 1.82) is 0 Å². The van der Waals surface area contributed by atoms with Crippen molar-refractivity contribution in [2.45, 2.75) is 38.7 Å². The highest BCUT2D eigenvalue weighted by Crippen LogP contribution is 2.17. The number of rotatable bonds is 4. The van der Waals surface area contributed by atoms with Gasteiger partial charge in [-0.05, 0) is 37.5 Å². The maximum atomic E-state index is 12.0. The van der Waals surface area contributed by atoms with Gasteiger partial charge in [0, 0.05) is 0 Å². The fraction of sp³-hybridized carbons (Fsp3) is 0.462. The molecule has 0 amide bonds. The first-order valence-electron chi connectivity index (χ1n) is 5.97. The summed E-state index contributed by atoms with van der Waals surface area (Å²) in [6.45, 7) is 7.38. The number of primary sulfonamides is 1. The molecule has 6 heteroatoms. The normalized spacial score (nSPS) is 13.4. The zero-order chi connectivity index (χ0) is 14.8. The number of ether oxygens (including phenoxy) is 1. The zero-order valence-electron chi connectivity index (χ0n) is 11.5. The minimum Gasteiger partial charge on any atom is -0.459 e. The van der Waals surface area contributed by atoms with Crippen LogP contribution in [-0.2, 0) is 14.8 Å². The quantitative estimate of drug-likeness (QED) is 0.855. The van der Waals surface area contributed by atoms with Crippen LogP contribution in [0.25, 0.3) is 0 Å². The predicted octanol–water partition coefficient (Wildman–Crippen LogP) is 1.84. The Morgan fingerprint density at radius 3 is 2.32 bits per heavy atom. The van der Waals surface area contributed by atoms with Crippen LogP contribution in [-0.4, -0.2) is 20.5 Å². The van der Waals surface area contributed by atoms with Gasteiger partial charge in [0.1, 0.15) is 6.10 Å². The fourth-order valence-electron chi connectivity index (χ4n) is 1.37. The molecule has 1 aromatic carbocycles. The monoisotopic (exact) mass is 285 g/mol. The topological polar surface area (TPSA) is 86.5 Å². The highest BCUT2D eigenvalue weighted by Gasteiger charge is 2.19. The molecule has 0 heterocycles. The summed E-state index contributed by atoms with van der Waals surface area (Å²) in [7, 11) is -3.83. The van der Waals surface area contributed by atoms with Crippen LogP contribution < -0.4 is 5.14 Å². The lowest BCUT2D eigenvalue weighted by Gasteiger charge is -2.17. The van der Waals surface area contributed by atoms with Crippen molar-refractivity contribution in [2.24, 2.45) is 11.1 Å². The van der Waals surface area contributed by atoms with Gasteiger partial charge < -0.3 is 4.74 Å². The minimum absolute atomic E-state index is 0.0951. The van der Waals surface area contributed by atoms with Gasteiger partial charge >= 0.3 is 5.97 Å². The van der Waals surface area contributed by atoms with Gasteiger partial charge in [-0.25, -0.2) is 18.4 Å². The summed E-state index contributed by atoms with van der Waals surface area (Å²) in [4.78, 5) is 11.9. The lowest BCUT2D eigenvalue weighted by Crippen LogP contribution is -2.21. The summed E-state index contributed by atoms with van der Waals surface area (Å²) in [6.07, 6.45) is -0.245. The molecule has 19 heavy (non-hydrogen) atoms. The lowest BCUT2D eigenvalue weighted by atomic mass is 10.1. The summed E-state index contributed by atoms with van der Waals surface area (Å²) >= 11 is 0. The number of carbonyl (C=O) groups excluding carboxylic acids is 1. The number of carbonyl (C=O) groups is 1. The van der Waals surface area contributed by atoms with E-state index in [2.05, 4.69) is 0 Å². The Bertz CT molecular complexity index is 578. The first kappa shape index (κ1) is 15.7. The van der Waals surface area contributed by atoms with E-state index in [1.165, 1.54) is 18.2 Å². The highest BCUT2D eigenvalue weighted by atomic mass is 32.2. The highest BCUT2D eigenvalue weighted by molar-refractivity contribution is 7.89. The molecule has 1 rings (SSSR count). The molecule has 0 spiro atoms. The molecule has 0 saturated heterocycles. The lowest BCUT2D eigenvalue weighted by molar-refractivity contribution is 0.0237. The Labute approximate surface area is 113 Å². The number of nitrogens with two attached hydrogens (primary N) is 1. The van der Waals surface area contributed by atoms with E-state index in [1.807, 2.05) is 13.8 Å². The molecule has 0 bridgehead atoms. The third-order valence-corrected chi connectivity index (χ3v) is 3.90. The number of sulfonamides is 1. The van der Waals surface area contributed by atoms with Crippen LogP contribution in [0.3, 0.4) is 0 Å². The minimum atomic E-state index is -3.83. The number of aryl methyl sites for hydroxylation is 1. The van der Waals surface area contributed by atoms with Crippen LogP contribution in [0.15, 0.2) is 23.1 Å². The Morgan fingerprint density at radius 1 is 1.26 bits per heavy atom. The predicted molar refractivity (Wildman–Crippen MR) is 72.3 cm³/mol. The van der Waals surface area contributed by atoms with Crippen molar-refractivity contribution in [3.05, 3.63) is 29.3 Å². The van der Waals surface area contributed by atoms with Gasteiger partial charge in [0.25, 0.3) is 0 Å². The van der Waals surface area contributed by atoms with E-state index in [4.69, 9.17) is 9.88 Å². The average molecular weight is 285 g/mol. The Kier molecular flexibility index (Phi) is 4.70. The number of esters is 1. The van der Waals surface area contributed by atoms with E-state index in [0.29, 0.717) is 5.56 Å². The maximum Gasteiger partial charge on any atom is 0.338 e. The summed E-state index contributed by atoms with van der Waals surface area (Å²) in [6, 6.07) is 4.16. The largest absolute Gasteiger partial charge is 0.459 e. The number of hydrogen-bond donors (Lipinski definition) is 1. The first-order valence-corrected chi connectivity index (χ1v) is 7.52. The molecule has 2 N–H and O–H groups in total. The summed E-state index contributed by atoms with van der Waals surface area (Å²) < 4.78 is 27.8. The second-order valence-corrected chi connectivity index (χ2v) is 6.44. The van der Waals surface area contributed by atoms with Gasteiger partial charge in [0.05, 0.1) is 10.5 Å². The van der Waals surface area contributed by atoms with Crippen LogP contribution in [0.2, 0.25) is 0 Å². The van der Waals surface area contributed by atoms with Crippen molar-refractivity contribution in [1.82, 2.24) is 0 Å². The molecule has 1 unspecified atom stereocenters. The Morgan fingerprint density at radius 2 is 1.84 bits per heavy atom. The van der Waals surface area contributed by atoms with Crippen LogP contribution in [0, 0.1) is 12.8 Å². The smallest absolute Gasteiger partial charge is 0.338 e. The van der Waals surface area contributed by atoms with Gasteiger partial charge in [-0.3, -0.25) is 0 Å². The first-order chi connectivity index (χ1) is 8.62. The van der Waals surface area contributed by atoms with Gasteiger partial charge in [0.2, 0.25) is 10.0 Å². The van der Waals surface area contributed by atoms with Crippen LogP contribution in [0.5, 0.6) is 0 Å². The fourth-order valence-corrected chi connectivity index (χ4v) is 1.91. The van der Waals surface area contributed by atoms with E-state index >= 15 is 0 Å². The second-order valence-electron chi connectivity index (χ2n) is 4.88. The summed E-state index contributed by atoms with van der Waals surface area (Å²) in [5, 5.41) is 5.05. The van der Waals surface area contributed by atoms with E-state index in [1.54, 1.807) is 13.8 Å². The van der Waals surface area contributed by atoms with Gasteiger partial charge in [-0.1, -0.05) is 19.9 Å². The standard InChI is InChI=1S/C13H19NO4S/c1-8(2)10(4)18-13(15)12-7-11(19(14,16)17)6-5-9(12)3/h5-8,10H,1-4H3,(H2,14,16,17). The molecule has 0 aliphatic rings. The molecule has 0 aliphatic carbocycles.